The lowest BCUT2D eigenvalue weighted by atomic mass is 9.97. The van der Waals surface area contributed by atoms with Crippen molar-refractivity contribution in [2.45, 2.75) is 31.9 Å². The quantitative estimate of drug-likeness (QED) is 0.760. The van der Waals surface area contributed by atoms with Gasteiger partial charge in [-0.2, -0.15) is 5.10 Å². The van der Waals surface area contributed by atoms with Crippen molar-refractivity contribution in [1.82, 2.24) is 34.3 Å². The van der Waals surface area contributed by atoms with Crippen molar-refractivity contribution in [2.24, 2.45) is 7.05 Å². The topological polar surface area (TPSA) is 84.4 Å². The van der Waals surface area contributed by atoms with Crippen LogP contribution in [0.25, 0.3) is 5.65 Å². The highest BCUT2D eigenvalue weighted by molar-refractivity contribution is 5.37. The van der Waals surface area contributed by atoms with E-state index in [4.69, 9.17) is 0 Å². The van der Waals surface area contributed by atoms with Crippen molar-refractivity contribution in [3.63, 3.8) is 0 Å². The molecule has 3 aromatic rings. The summed E-state index contributed by atoms with van der Waals surface area (Å²) in [5.41, 5.74) is 2.02. The van der Waals surface area contributed by atoms with Gasteiger partial charge in [0.15, 0.2) is 11.5 Å². The molecule has 0 bridgehead atoms. The largest absolute Gasteiger partial charge is 0.388 e. The summed E-state index contributed by atoms with van der Waals surface area (Å²) in [5, 5.41) is 22.0. The molecule has 0 saturated carbocycles. The van der Waals surface area contributed by atoms with Crippen molar-refractivity contribution in [3.05, 3.63) is 41.9 Å². The van der Waals surface area contributed by atoms with Crippen LogP contribution >= 0.6 is 0 Å². The normalized spacial score (nSPS) is 19.2. The molecule has 4 rings (SSSR count). The van der Waals surface area contributed by atoms with Gasteiger partial charge in [0.2, 0.25) is 0 Å². The van der Waals surface area contributed by atoms with Crippen LogP contribution in [0.5, 0.6) is 0 Å². The van der Waals surface area contributed by atoms with Gasteiger partial charge < -0.3 is 9.67 Å². The van der Waals surface area contributed by atoms with Gasteiger partial charge in [-0.05, 0) is 31.5 Å². The number of fused-ring (bicyclic) bond motifs is 1. The van der Waals surface area contributed by atoms with Gasteiger partial charge in [-0.1, -0.05) is 6.07 Å². The molecule has 1 aliphatic rings. The lowest BCUT2D eigenvalue weighted by Gasteiger charge is -2.32. The number of hydrogen-bond acceptors (Lipinski definition) is 6. The van der Waals surface area contributed by atoms with E-state index in [0.29, 0.717) is 11.7 Å². The molecule has 24 heavy (non-hydrogen) atoms. The number of rotatable bonds is 4. The molecule has 1 saturated heterocycles. The number of aliphatic hydroxyl groups excluding tert-OH is 1. The van der Waals surface area contributed by atoms with Gasteiger partial charge in [0.05, 0.1) is 5.69 Å². The lowest BCUT2D eigenvalue weighted by molar-refractivity contribution is 0.191. The molecular weight excluding hydrogens is 306 g/mol. The molecule has 1 atom stereocenters. The Bertz CT molecular complexity index is 840. The summed E-state index contributed by atoms with van der Waals surface area (Å²) in [6.45, 7) is 2.75. The Morgan fingerprint density at radius 1 is 1.29 bits per heavy atom. The fourth-order valence-corrected chi connectivity index (χ4v) is 3.53. The van der Waals surface area contributed by atoms with Crippen LogP contribution in [0.1, 0.15) is 36.1 Å². The SMILES string of the molecule is Cn1c(CO)nnc1C1CCCN(Cc2cccc3ncnn23)C1. The highest BCUT2D eigenvalue weighted by Gasteiger charge is 2.26. The molecular formula is C16H21N7O. The van der Waals surface area contributed by atoms with Gasteiger partial charge in [0.25, 0.3) is 0 Å². The number of aliphatic hydroxyl groups is 1. The number of likely N-dealkylation sites (tertiary alicyclic amines) is 1. The van der Waals surface area contributed by atoms with Crippen molar-refractivity contribution < 1.29 is 5.11 Å². The van der Waals surface area contributed by atoms with Crippen LogP contribution in [0.3, 0.4) is 0 Å². The van der Waals surface area contributed by atoms with E-state index in [1.54, 1.807) is 6.33 Å². The maximum absolute atomic E-state index is 9.31. The zero-order chi connectivity index (χ0) is 16.5. The number of nitrogens with zero attached hydrogens (tertiary/aromatic N) is 7. The van der Waals surface area contributed by atoms with E-state index >= 15 is 0 Å². The van der Waals surface area contributed by atoms with E-state index in [9.17, 15) is 5.11 Å². The Kier molecular flexibility index (Phi) is 3.99. The average Bonchev–Trinajstić information content (AvgIpc) is 3.22. The Balaban J connectivity index is 1.52. The molecule has 3 aromatic heterocycles. The molecule has 0 radical (unpaired) electrons. The Morgan fingerprint density at radius 2 is 2.21 bits per heavy atom. The van der Waals surface area contributed by atoms with Gasteiger partial charge in [-0.25, -0.2) is 9.50 Å². The highest BCUT2D eigenvalue weighted by Crippen LogP contribution is 2.26. The Hall–Kier alpha value is -2.32. The van der Waals surface area contributed by atoms with Crippen molar-refractivity contribution in [3.8, 4) is 0 Å². The molecule has 126 valence electrons. The average molecular weight is 327 g/mol. The monoisotopic (exact) mass is 327 g/mol. The smallest absolute Gasteiger partial charge is 0.158 e. The third kappa shape index (κ3) is 2.67. The third-order valence-electron chi connectivity index (χ3n) is 4.78. The molecule has 1 unspecified atom stereocenters. The van der Waals surface area contributed by atoms with Crippen molar-refractivity contribution in [1.29, 1.82) is 0 Å². The van der Waals surface area contributed by atoms with Crippen LogP contribution in [0, 0.1) is 0 Å². The first-order chi connectivity index (χ1) is 11.8. The molecule has 8 nitrogen and oxygen atoms in total. The second-order valence-corrected chi connectivity index (χ2v) is 6.31. The summed E-state index contributed by atoms with van der Waals surface area (Å²) >= 11 is 0. The molecule has 8 heteroatoms. The van der Waals surface area contributed by atoms with E-state index < -0.39 is 0 Å². The van der Waals surface area contributed by atoms with E-state index in [0.717, 1.165) is 49.6 Å². The Morgan fingerprint density at radius 3 is 3.04 bits per heavy atom. The molecule has 4 heterocycles. The molecule has 1 N–H and O–H groups in total. The second kappa shape index (κ2) is 6.29. The lowest BCUT2D eigenvalue weighted by Crippen LogP contribution is -2.35. The molecule has 0 amide bonds. The molecule has 0 spiro atoms. The van der Waals surface area contributed by atoms with Gasteiger partial charge in [0, 0.05) is 26.1 Å². The predicted molar refractivity (Wildman–Crippen MR) is 87.2 cm³/mol. The fraction of sp³-hybridized carbons (Fsp3) is 0.500. The zero-order valence-corrected chi connectivity index (χ0v) is 13.7. The first kappa shape index (κ1) is 15.2. The Labute approximate surface area is 139 Å². The third-order valence-corrected chi connectivity index (χ3v) is 4.78. The van der Waals surface area contributed by atoms with Crippen LogP contribution in [0.15, 0.2) is 24.5 Å². The summed E-state index contributed by atoms with van der Waals surface area (Å²) in [6.07, 6.45) is 3.81. The number of hydrogen-bond donors (Lipinski definition) is 1. The summed E-state index contributed by atoms with van der Waals surface area (Å²) in [7, 11) is 1.93. The minimum absolute atomic E-state index is 0.0752. The molecule has 0 aromatic carbocycles. The molecule has 1 fully saturated rings. The minimum Gasteiger partial charge on any atom is -0.388 e. The number of piperidine rings is 1. The van der Waals surface area contributed by atoms with Gasteiger partial charge >= 0.3 is 0 Å². The first-order valence-electron chi connectivity index (χ1n) is 8.25. The summed E-state index contributed by atoms with van der Waals surface area (Å²) < 4.78 is 3.82. The zero-order valence-electron chi connectivity index (χ0n) is 13.7. The van der Waals surface area contributed by atoms with E-state index in [-0.39, 0.29) is 6.61 Å². The van der Waals surface area contributed by atoms with E-state index in [1.165, 1.54) is 0 Å². The minimum atomic E-state index is -0.0752. The summed E-state index contributed by atoms with van der Waals surface area (Å²) in [5.74, 6) is 1.92. The van der Waals surface area contributed by atoms with Crippen LogP contribution in [-0.4, -0.2) is 52.5 Å². The van der Waals surface area contributed by atoms with E-state index in [1.807, 2.05) is 28.3 Å². The fourth-order valence-electron chi connectivity index (χ4n) is 3.53. The maximum atomic E-state index is 9.31. The standard InChI is InChI=1S/C16H21N7O/c1-21-15(10-24)19-20-16(21)12-4-3-7-22(8-12)9-13-5-2-6-14-17-11-18-23(13)14/h2,5-6,11-12,24H,3-4,7-10H2,1H3. The van der Waals surface area contributed by atoms with Crippen molar-refractivity contribution >= 4 is 5.65 Å². The maximum Gasteiger partial charge on any atom is 0.158 e. The van der Waals surface area contributed by atoms with Gasteiger partial charge in [0.1, 0.15) is 18.8 Å². The first-order valence-corrected chi connectivity index (χ1v) is 8.25. The number of aromatic nitrogens is 6. The predicted octanol–water partition coefficient (Wildman–Crippen LogP) is 0.730. The second-order valence-electron chi connectivity index (χ2n) is 6.31. The van der Waals surface area contributed by atoms with E-state index in [2.05, 4.69) is 31.2 Å². The van der Waals surface area contributed by atoms with Crippen LogP contribution < -0.4 is 0 Å². The number of pyridine rings is 1. The summed E-state index contributed by atoms with van der Waals surface area (Å²) in [4.78, 5) is 6.68. The molecule has 0 aliphatic carbocycles. The van der Waals surface area contributed by atoms with Crippen LogP contribution in [0.2, 0.25) is 0 Å². The summed E-state index contributed by atoms with van der Waals surface area (Å²) in [6, 6.07) is 6.08. The van der Waals surface area contributed by atoms with Gasteiger partial charge in [-0.3, -0.25) is 4.90 Å². The van der Waals surface area contributed by atoms with Crippen LogP contribution in [0.4, 0.5) is 0 Å². The van der Waals surface area contributed by atoms with Crippen molar-refractivity contribution in [2.75, 3.05) is 13.1 Å². The van der Waals surface area contributed by atoms with Gasteiger partial charge in [-0.15, -0.1) is 10.2 Å². The molecule has 1 aliphatic heterocycles. The van der Waals surface area contributed by atoms with Crippen LogP contribution in [-0.2, 0) is 20.2 Å². The highest BCUT2D eigenvalue weighted by atomic mass is 16.3.